The number of hydrogen-bond donors (Lipinski definition) is 1. The number of aliphatic hydroxyl groups excluding tert-OH is 1. The molecule has 1 N–H and O–H groups in total. The molecule has 0 radical (unpaired) electrons. The minimum Gasteiger partial charge on any atom is -0.490 e. The first-order valence-electron chi connectivity index (χ1n) is 6.09. The van der Waals surface area contributed by atoms with Crippen LogP contribution in [0.4, 0.5) is 0 Å². The number of carbonyl (C=O) groups is 1. The van der Waals surface area contributed by atoms with E-state index in [1.54, 1.807) is 12.1 Å². The van der Waals surface area contributed by atoms with Crippen molar-refractivity contribution in [1.82, 2.24) is 0 Å². The molecule has 4 heteroatoms. The van der Waals surface area contributed by atoms with Crippen LogP contribution in [0, 0.1) is 0 Å². The lowest BCUT2D eigenvalue weighted by molar-refractivity contribution is 0.0594. The molecule has 0 heterocycles. The van der Waals surface area contributed by atoms with E-state index in [9.17, 15) is 4.79 Å². The van der Waals surface area contributed by atoms with E-state index in [0.717, 1.165) is 12.0 Å². The summed E-state index contributed by atoms with van der Waals surface area (Å²) >= 11 is 0. The van der Waals surface area contributed by atoms with Crippen molar-refractivity contribution in [3.63, 3.8) is 0 Å². The fraction of sp³-hybridized carbons (Fsp3) is 0.500. The molecule has 0 amide bonds. The van der Waals surface area contributed by atoms with Gasteiger partial charge in [0.05, 0.1) is 13.7 Å². The molecule has 0 fully saturated rings. The Morgan fingerprint density at radius 1 is 1.44 bits per heavy atom. The van der Waals surface area contributed by atoms with E-state index in [0.29, 0.717) is 17.2 Å². The summed E-state index contributed by atoms with van der Waals surface area (Å²) in [6, 6.07) is 5.49. The second-order valence-corrected chi connectivity index (χ2v) is 4.13. The Bertz CT molecular complexity index is 401. The van der Waals surface area contributed by atoms with E-state index in [2.05, 4.69) is 13.8 Å². The van der Waals surface area contributed by atoms with Gasteiger partial charge in [0.2, 0.25) is 0 Å². The summed E-state index contributed by atoms with van der Waals surface area (Å²) in [7, 11) is 1.34. The predicted molar refractivity (Wildman–Crippen MR) is 69.1 cm³/mol. The molecule has 1 atom stereocenters. The highest BCUT2D eigenvalue weighted by atomic mass is 16.5. The standard InChI is InChI=1S/C14H20O4/c1-4-10(2)11-5-6-13(18-8-7-15)12(9-11)14(16)17-3/h5-6,9-10,15H,4,7-8H2,1-3H3. The lowest BCUT2D eigenvalue weighted by atomic mass is 9.96. The van der Waals surface area contributed by atoms with Gasteiger partial charge >= 0.3 is 5.97 Å². The van der Waals surface area contributed by atoms with Crippen LogP contribution in [0.25, 0.3) is 0 Å². The number of esters is 1. The van der Waals surface area contributed by atoms with Crippen LogP contribution in [-0.4, -0.2) is 31.4 Å². The fourth-order valence-corrected chi connectivity index (χ4v) is 1.64. The van der Waals surface area contributed by atoms with Crippen LogP contribution in [0.2, 0.25) is 0 Å². The molecule has 18 heavy (non-hydrogen) atoms. The van der Waals surface area contributed by atoms with Gasteiger partial charge < -0.3 is 14.6 Å². The molecule has 1 aromatic rings. The van der Waals surface area contributed by atoms with Crippen molar-refractivity contribution < 1.29 is 19.4 Å². The largest absolute Gasteiger partial charge is 0.490 e. The SMILES string of the molecule is CCC(C)c1ccc(OCCO)c(C(=O)OC)c1. The molecule has 0 aliphatic heterocycles. The lowest BCUT2D eigenvalue weighted by Crippen LogP contribution is -2.09. The zero-order valence-electron chi connectivity index (χ0n) is 11.1. The van der Waals surface area contributed by atoms with Crippen molar-refractivity contribution in [3.8, 4) is 5.75 Å². The second kappa shape index (κ2) is 7.01. The van der Waals surface area contributed by atoms with Crippen LogP contribution in [0.5, 0.6) is 5.75 Å². The monoisotopic (exact) mass is 252 g/mol. The molecular formula is C14H20O4. The van der Waals surface area contributed by atoms with Crippen molar-refractivity contribution >= 4 is 5.97 Å². The summed E-state index contributed by atoms with van der Waals surface area (Å²) in [5, 5.41) is 8.75. The third-order valence-corrected chi connectivity index (χ3v) is 2.94. The number of rotatable bonds is 6. The Hall–Kier alpha value is -1.55. The van der Waals surface area contributed by atoms with Gasteiger partial charge in [-0.3, -0.25) is 0 Å². The van der Waals surface area contributed by atoms with Gasteiger partial charge in [0, 0.05) is 0 Å². The Morgan fingerprint density at radius 3 is 2.72 bits per heavy atom. The predicted octanol–water partition coefficient (Wildman–Crippen LogP) is 2.36. The highest BCUT2D eigenvalue weighted by Gasteiger charge is 2.15. The van der Waals surface area contributed by atoms with E-state index in [1.807, 2.05) is 6.07 Å². The highest BCUT2D eigenvalue weighted by Crippen LogP contribution is 2.26. The summed E-state index contributed by atoms with van der Waals surface area (Å²) in [4.78, 5) is 11.7. The van der Waals surface area contributed by atoms with Gasteiger partial charge in [-0.25, -0.2) is 4.79 Å². The van der Waals surface area contributed by atoms with Gasteiger partial charge in [0.1, 0.15) is 17.9 Å². The minimum absolute atomic E-state index is 0.0896. The van der Waals surface area contributed by atoms with E-state index in [-0.39, 0.29) is 13.2 Å². The molecule has 0 saturated heterocycles. The zero-order valence-corrected chi connectivity index (χ0v) is 11.1. The lowest BCUT2D eigenvalue weighted by Gasteiger charge is -2.14. The van der Waals surface area contributed by atoms with Crippen molar-refractivity contribution in [2.75, 3.05) is 20.3 Å². The van der Waals surface area contributed by atoms with Crippen LogP contribution in [0.3, 0.4) is 0 Å². The number of ether oxygens (including phenoxy) is 2. The first kappa shape index (κ1) is 14.5. The molecule has 1 unspecified atom stereocenters. The maximum Gasteiger partial charge on any atom is 0.341 e. The van der Waals surface area contributed by atoms with Gasteiger partial charge in [-0.2, -0.15) is 0 Å². The first-order valence-corrected chi connectivity index (χ1v) is 6.09. The maximum absolute atomic E-state index is 11.7. The van der Waals surface area contributed by atoms with E-state index in [4.69, 9.17) is 14.6 Å². The quantitative estimate of drug-likeness (QED) is 0.790. The number of benzene rings is 1. The summed E-state index contributed by atoms with van der Waals surface area (Å²) in [5.74, 6) is 0.399. The molecule has 0 aliphatic carbocycles. The van der Waals surface area contributed by atoms with E-state index >= 15 is 0 Å². The second-order valence-electron chi connectivity index (χ2n) is 4.13. The Labute approximate surface area is 108 Å². The number of methoxy groups -OCH3 is 1. The molecule has 0 aliphatic rings. The molecule has 0 aromatic heterocycles. The molecule has 1 aromatic carbocycles. The number of aliphatic hydroxyl groups is 1. The third kappa shape index (κ3) is 3.47. The van der Waals surface area contributed by atoms with Crippen molar-refractivity contribution in [2.24, 2.45) is 0 Å². The van der Waals surface area contributed by atoms with Gasteiger partial charge in [-0.1, -0.05) is 19.9 Å². The van der Waals surface area contributed by atoms with Crippen LogP contribution in [-0.2, 0) is 4.74 Å². The Morgan fingerprint density at radius 2 is 2.17 bits per heavy atom. The van der Waals surface area contributed by atoms with Crippen molar-refractivity contribution in [1.29, 1.82) is 0 Å². The first-order chi connectivity index (χ1) is 8.63. The average Bonchev–Trinajstić information content (AvgIpc) is 2.43. The van der Waals surface area contributed by atoms with Crippen LogP contribution in [0.15, 0.2) is 18.2 Å². The molecular weight excluding hydrogens is 232 g/mol. The summed E-state index contributed by atoms with van der Waals surface area (Å²) in [5.41, 5.74) is 1.48. The Kier molecular flexibility index (Phi) is 5.65. The van der Waals surface area contributed by atoms with Gasteiger partial charge in [0.25, 0.3) is 0 Å². The third-order valence-electron chi connectivity index (χ3n) is 2.94. The Balaban J connectivity index is 3.07. The zero-order chi connectivity index (χ0) is 13.5. The van der Waals surface area contributed by atoms with Crippen LogP contribution >= 0.6 is 0 Å². The topological polar surface area (TPSA) is 55.8 Å². The number of hydrogen-bond acceptors (Lipinski definition) is 4. The van der Waals surface area contributed by atoms with E-state index in [1.165, 1.54) is 7.11 Å². The minimum atomic E-state index is -0.423. The molecule has 4 nitrogen and oxygen atoms in total. The van der Waals surface area contributed by atoms with E-state index < -0.39 is 5.97 Å². The van der Waals surface area contributed by atoms with Gasteiger partial charge in [0.15, 0.2) is 0 Å². The molecule has 100 valence electrons. The molecule has 1 rings (SSSR count). The smallest absolute Gasteiger partial charge is 0.341 e. The highest BCUT2D eigenvalue weighted by molar-refractivity contribution is 5.92. The maximum atomic E-state index is 11.7. The molecule has 0 spiro atoms. The van der Waals surface area contributed by atoms with Gasteiger partial charge in [-0.05, 0) is 30.0 Å². The molecule has 0 bridgehead atoms. The summed E-state index contributed by atoms with van der Waals surface area (Å²) in [6.45, 7) is 4.27. The average molecular weight is 252 g/mol. The van der Waals surface area contributed by atoms with Crippen LogP contribution < -0.4 is 4.74 Å². The molecule has 0 saturated carbocycles. The van der Waals surface area contributed by atoms with Gasteiger partial charge in [-0.15, -0.1) is 0 Å². The summed E-state index contributed by atoms with van der Waals surface area (Å²) in [6.07, 6.45) is 0.997. The van der Waals surface area contributed by atoms with Crippen molar-refractivity contribution in [2.45, 2.75) is 26.2 Å². The summed E-state index contributed by atoms with van der Waals surface area (Å²) < 4.78 is 10.1. The number of carbonyl (C=O) groups excluding carboxylic acids is 1. The fourth-order valence-electron chi connectivity index (χ4n) is 1.64. The normalized spacial score (nSPS) is 12.0. The van der Waals surface area contributed by atoms with Crippen LogP contribution in [0.1, 0.15) is 42.1 Å². The van der Waals surface area contributed by atoms with Crippen molar-refractivity contribution in [3.05, 3.63) is 29.3 Å².